The lowest BCUT2D eigenvalue weighted by Crippen LogP contribution is -2.14. The van der Waals surface area contributed by atoms with E-state index in [4.69, 9.17) is 4.74 Å². The number of ketones is 1. The summed E-state index contributed by atoms with van der Waals surface area (Å²) in [4.78, 5) is 12.3. The number of benzene rings is 2. The molecule has 0 spiro atoms. The minimum atomic E-state index is -3.32. The van der Waals surface area contributed by atoms with E-state index in [1.54, 1.807) is 37.3 Å². The maximum absolute atomic E-state index is 12.3. The van der Waals surface area contributed by atoms with Crippen molar-refractivity contribution >= 4 is 27.6 Å². The predicted octanol–water partition coefficient (Wildman–Crippen LogP) is 4.52. The highest BCUT2D eigenvalue weighted by atomic mass is 32.2. The van der Waals surface area contributed by atoms with E-state index in [-0.39, 0.29) is 11.5 Å². The Morgan fingerprint density at radius 1 is 1.04 bits per heavy atom. The molecule has 2 rings (SSSR count). The van der Waals surface area contributed by atoms with Crippen LogP contribution in [0.25, 0.3) is 6.08 Å². The summed E-state index contributed by atoms with van der Waals surface area (Å²) in [5, 5.41) is 0. The summed E-state index contributed by atoms with van der Waals surface area (Å²) in [5.74, 6) is 0.666. The molecule has 0 heterocycles. The molecule has 5 nitrogen and oxygen atoms in total. The fourth-order valence-electron chi connectivity index (χ4n) is 2.23. The topological polar surface area (TPSA) is 72.5 Å². The minimum Gasteiger partial charge on any atom is -0.494 e. The summed E-state index contributed by atoms with van der Waals surface area (Å²) in [6, 6.07) is 13.9. The molecule has 0 atom stereocenters. The van der Waals surface area contributed by atoms with Crippen LogP contribution in [0.4, 0.5) is 5.69 Å². The summed E-state index contributed by atoms with van der Waals surface area (Å²) >= 11 is 0. The van der Waals surface area contributed by atoms with E-state index >= 15 is 0 Å². The molecule has 0 unspecified atom stereocenters. The number of allylic oxidation sites excluding steroid dienone is 1. The molecular weight excluding hydrogens is 362 g/mol. The van der Waals surface area contributed by atoms with E-state index in [1.165, 1.54) is 6.08 Å². The maximum Gasteiger partial charge on any atom is 0.232 e. The fourth-order valence-corrected chi connectivity index (χ4v) is 2.87. The van der Waals surface area contributed by atoms with Crippen LogP contribution in [-0.4, -0.2) is 26.6 Å². The lowest BCUT2D eigenvalue weighted by atomic mass is 10.1. The van der Waals surface area contributed by atoms with Gasteiger partial charge in [-0.1, -0.05) is 31.6 Å². The van der Waals surface area contributed by atoms with Crippen molar-refractivity contribution in [1.82, 2.24) is 0 Å². The zero-order valence-corrected chi connectivity index (χ0v) is 16.5. The number of sulfonamides is 1. The van der Waals surface area contributed by atoms with Gasteiger partial charge in [-0.2, -0.15) is 0 Å². The molecule has 1 N–H and O–H groups in total. The highest BCUT2D eigenvalue weighted by Crippen LogP contribution is 2.15. The first-order valence-electron chi connectivity index (χ1n) is 8.99. The zero-order chi connectivity index (χ0) is 19.7. The maximum atomic E-state index is 12.3. The third kappa shape index (κ3) is 6.90. The lowest BCUT2D eigenvalue weighted by molar-refractivity contribution is 0.104. The first kappa shape index (κ1) is 20.7. The first-order chi connectivity index (χ1) is 12.9. The number of carbonyl (C=O) groups excluding carboxylic acids is 1. The average Bonchev–Trinajstić information content (AvgIpc) is 2.67. The van der Waals surface area contributed by atoms with Gasteiger partial charge in [-0.05, 0) is 61.4 Å². The number of nitrogens with one attached hydrogen (secondary N) is 1. The van der Waals surface area contributed by atoms with E-state index in [9.17, 15) is 13.2 Å². The Morgan fingerprint density at radius 2 is 1.70 bits per heavy atom. The Morgan fingerprint density at radius 3 is 2.30 bits per heavy atom. The normalized spacial score (nSPS) is 11.5. The van der Waals surface area contributed by atoms with E-state index in [0.29, 0.717) is 17.9 Å². The van der Waals surface area contributed by atoms with E-state index in [2.05, 4.69) is 11.6 Å². The Bertz CT molecular complexity index is 869. The third-order valence-corrected chi connectivity index (χ3v) is 5.20. The molecule has 0 saturated carbocycles. The van der Waals surface area contributed by atoms with Gasteiger partial charge in [0.1, 0.15) is 5.75 Å². The van der Waals surface area contributed by atoms with E-state index in [1.807, 2.05) is 24.3 Å². The van der Waals surface area contributed by atoms with Crippen molar-refractivity contribution < 1.29 is 17.9 Å². The average molecular weight is 388 g/mol. The minimum absolute atomic E-state index is 0.00114. The van der Waals surface area contributed by atoms with Gasteiger partial charge >= 0.3 is 0 Å². The van der Waals surface area contributed by atoms with Crippen molar-refractivity contribution in [2.45, 2.75) is 26.7 Å². The SMILES string of the molecule is CCCCOc1ccc(C=CC(=O)c2ccc(NS(=O)(=O)CC)cc2)cc1. The Kier molecular flexibility index (Phi) is 7.61. The van der Waals surface area contributed by atoms with Crippen LogP contribution in [0.2, 0.25) is 0 Å². The number of rotatable bonds is 10. The summed E-state index contributed by atoms with van der Waals surface area (Å²) < 4.78 is 31.1. The molecule has 0 radical (unpaired) electrons. The number of unbranched alkanes of at least 4 members (excludes halogenated alkanes) is 1. The number of carbonyl (C=O) groups is 1. The second kappa shape index (κ2) is 9.92. The number of hydrogen-bond donors (Lipinski definition) is 1. The van der Waals surface area contributed by atoms with Gasteiger partial charge in [-0.3, -0.25) is 9.52 Å². The molecule has 0 aliphatic heterocycles. The zero-order valence-electron chi connectivity index (χ0n) is 15.6. The number of ether oxygens (including phenoxy) is 1. The monoisotopic (exact) mass is 387 g/mol. The van der Waals surface area contributed by atoms with Crippen molar-refractivity contribution in [2.75, 3.05) is 17.1 Å². The molecule has 0 fully saturated rings. The van der Waals surface area contributed by atoms with Crippen LogP contribution >= 0.6 is 0 Å². The van der Waals surface area contributed by atoms with Gasteiger partial charge in [-0.15, -0.1) is 0 Å². The fraction of sp³-hybridized carbons (Fsp3) is 0.286. The van der Waals surface area contributed by atoms with Gasteiger partial charge in [0.05, 0.1) is 12.4 Å². The van der Waals surface area contributed by atoms with Crippen molar-refractivity contribution in [3.05, 3.63) is 65.7 Å². The van der Waals surface area contributed by atoms with Gasteiger partial charge in [0.15, 0.2) is 5.78 Å². The lowest BCUT2D eigenvalue weighted by Gasteiger charge is -2.06. The van der Waals surface area contributed by atoms with Gasteiger partial charge < -0.3 is 4.74 Å². The van der Waals surface area contributed by atoms with E-state index in [0.717, 1.165) is 24.2 Å². The van der Waals surface area contributed by atoms with Gasteiger partial charge in [0.2, 0.25) is 10.0 Å². The second-order valence-corrected chi connectivity index (χ2v) is 8.06. The molecule has 0 bridgehead atoms. The molecule has 0 aromatic heterocycles. The smallest absolute Gasteiger partial charge is 0.232 e. The summed E-state index contributed by atoms with van der Waals surface area (Å²) in [7, 11) is -3.32. The quantitative estimate of drug-likeness (QED) is 0.369. The van der Waals surface area contributed by atoms with Crippen LogP contribution in [0.5, 0.6) is 5.75 Å². The molecule has 2 aromatic rings. The standard InChI is InChI=1S/C21H25NO4S/c1-3-5-16-26-20-13-6-17(7-14-20)8-15-21(23)18-9-11-19(12-10-18)22-27(24,25)4-2/h6-15,22H,3-5,16H2,1-2H3. The predicted molar refractivity (Wildman–Crippen MR) is 110 cm³/mol. The van der Waals surface area contributed by atoms with Crippen LogP contribution < -0.4 is 9.46 Å². The van der Waals surface area contributed by atoms with Crippen molar-refractivity contribution in [3.63, 3.8) is 0 Å². The molecule has 6 heteroatoms. The Hall–Kier alpha value is -2.60. The molecule has 2 aromatic carbocycles. The number of anilines is 1. The van der Waals surface area contributed by atoms with Crippen LogP contribution in [-0.2, 0) is 10.0 Å². The Balaban J connectivity index is 1.96. The molecule has 0 saturated heterocycles. The Labute approximate surface area is 161 Å². The largest absolute Gasteiger partial charge is 0.494 e. The highest BCUT2D eigenvalue weighted by molar-refractivity contribution is 7.92. The van der Waals surface area contributed by atoms with Crippen LogP contribution in [0.3, 0.4) is 0 Å². The highest BCUT2D eigenvalue weighted by Gasteiger charge is 2.07. The second-order valence-electron chi connectivity index (χ2n) is 6.05. The van der Waals surface area contributed by atoms with Crippen LogP contribution in [0.15, 0.2) is 54.6 Å². The van der Waals surface area contributed by atoms with Crippen LogP contribution in [0.1, 0.15) is 42.6 Å². The van der Waals surface area contributed by atoms with Crippen molar-refractivity contribution in [1.29, 1.82) is 0 Å². The van der Waals surface area contributed by atoms with Gasteiger partial charge in [-0.25, -0.2) is 8.42 Å². The van der Waals surface area contributed by atoms with Crippen molar-refractivity contribution in [3.8, 4) is 5.75 Å². The summed E-state index contributed by atoms with van der Waals surface area (Å²) in [6.07, 6.45) is 5.35. The van der Waals surface area contributed by atoms with Gasteiger partial charge in [0.25, 0.3) is 0 Å². The molecule has 27 heavy (non-hydrogen) atoms. The summed E-state index contributed by atoms with van der Waals surface area (Å²) in [5.41, 5.74) is 1.83. The van der Waals surface area contributed by atoms with Crippen molar-refractivity contribution in [2.24, 2.45) is 0 Å². The molecule has 144 valence electrons. The molecular formula is C21H25NO4S. The molecule has 0 aliphatic rings. The van der Waals surface area contributed by atoms with E-state index < -0.39 is 10.0 Å². The molecule has 0 amide bonds. The van der Waals surface area contributed by atoms with Gasteiger partial charge in [0, 0.05) is 11.3 Å². The summed E-state index contributed by atoms with van der Waals surface area (Å²) in [6.45, 7) is 4.38. The third-order valence-electron chi connectivity index (χ3n) is 3.90. The van der Waals surface area contributed by atoms with Crippen LogP contribution in [0, 0.1) is 0 Å². The molecule has 0 aliphatic carbocycles. The number of hydrogen-bond acceptors (Lipinski definition) is 4. The first-order valence-corrected chi connectivity index (χ1v) is 10.6.